The Bertz CT molecular complexity index is 405. The van der Waals surface area contributed by atoms with Gasteiger partial charge in [0.2, 0.25) is 6.41 Å². The lowest BCUT2D eigenvalue weighted by atomic mass is 10.0. The minimum Gasteiger partial charge on any atom is -0.464 e. The average molecular weight is 277 g/mol. The van der Waals surface area contributed by atoms with Crippen molar-refractivity contribution in [2.45, 2.75) is 39.2 Å². The van der Waals surface area contributed by atoms with Gasteiger partial charge in [-0.15, -0.1) is 0 Å². The molecule has 0 aliphatic rings. The predicted molar refractivity (Wildman–Crippen MR) is 78.2 cm³/mol. The molecule has 0 aromatic heterocycles. The summed E-state index contributed by atoms with van der Waals surface area (Å²) in [7, 11) is 0. The second-order valence-electron chi connectivity index (χ2n) is 4.58. The van der Waals surface area contributed by atoms with Gasteiger partial charge in [-0.1, -0.05) is 30.3 Å². The van der Waals surface area contributed by atoms with Crippen molar-refractivity contribution in [3.05, 3.63) is 35.9 Å². The van der Waals surface area contributed by atoms with Crippen molar-refractivity contribution in [2.24, 2.45) is 0 Å². The Morgan fingerprint density at radius 3 is 2.55 bits per heavy atom. The van der Waals surface area contributed by atoms with E-state index >= 15 is 0 Å². The van der Waals surface area contributed by atoms with Crippen LogP contribution in [0.2, 0.25) is 0 Å². The fraction of sp³-hybridized carbons (Fsp3) is 0.500. The Morgan fingerprint density at radius 2 is 2.00 bits per heavy atom. The normalized spacial score (nSPS) is 11.7. The van der Waals surface area contributed by atoms with Crippen molar-refractivity contribution in [2.75, 3.05) is 13.2 Å². The molecule has 0 spiro atoms. The van der Waals surface area contributed by atoms with E-state index in [1.165, 1.54) is 10.5 Å². The third-order valence-electron chi connectivity index (χ3n) is 3.25. The number of nitrogens with zero attached hydrogens (tertiary/aromatic N) is 1. The second-order valence-corrected chi connectivity index (χ2v) is 4.58. The van der Waals surface area contributed by atoms with Gasteiger partial charge in [0, 0.05) is 6.54 Å². The highest BCUT2D eigenvalue weighted by molar-refractivity contribution is 5.78. The molecule has 0 aliphatic carbocycles. The molecule has 1 aromatic rings. The van der Waals surface area contributed by atoms with Crippen LogP contribution in [0.25, 0.3) is 0 Å². The topological polar surface area (TPSA) is 46.6 Å². The smallest absolute Gasteiger partial charge is 0.328 e. The Kier molecular flexibility index (Phi) is 7.40. The highest BCUT2D eigenvalue weighted by Gasteiger charge is 2.24. The summed E-state index contributed by atoms with van der Waals surface area (Å²) in [5.74, 6) is -0.311. The van der Waals surface area contributed by atoms with Gasteiger partial charge in [-0.05, 0) is 38.7 Å². The molecular weight excluding hydrogens is 254 g/mol. The highest BCUT2D eigenvalue weighted by Crippen LogP contribution is 2.11. The molecule has 0 heterocycles. The molecule has 0 fully saturated rings. The summed E-state index contributed by atoms with van der Waals surface area (Å²) in [6.07, 6.45) is 3.09. The molecule has 110 valence electrons. The zero-order chi connectivity index (χ0) is 14.8. The van der Waals surface area contributed by atoms with Crippen molar-refractivity contribution in [3.8, 4) is 0 Å². The molecule has 4 nitrogen and oxygen atoms in total. The first kappa shape index (κ1) is 16.2. The molecule has 0 bridgehead atoms. The van der Waals surface area contributed by atoms with Crippen LogP contribution < -0.4 is 0 Å². The van der Waals surface area contributed by atoms with Crippen LogP contribution in [-0.2, 0) is 20.7 Å². The fourth-order valence-electron chi connectivity index (χ4n) is 2.17. The molecule has 4 heteroatoms. The van der Waals surface area contributed by atoms with Gasteiger partial charge < -0.3 is 9.64 Å². The molecular formula is C16H23NO3. The van der Waals surface area contributed by atoms with E-state index in [1.807, 2.05) is 25.1 Å². The molecule has 20 heavy (non-hydrogen) atoms. The van der Waals surface area contributed by atoms with E-state index in [0.29, 0.717) is 19.6 Å². The van der Waals surface area contributed by atoms with Crippen molar-refractivity contribution < 1.29 is 14.3 Å². The maximum absolute atomic E-state index is 11.9. The van der Waals surface area contributed by atoms with Crippen LogP contribution >= 0.6 is 0 Å². The molecule has 0 saturated carbocycles. The number of rotatable bonds is 9. The second kappa shape index (κ2) is 9.13. The maximum atomic E-state index is 11.9. The maximum Gasteiger partial charge on any atom is 0.328 e. The van der Waals surface area contributed by atoms with Crippen LogP contribution in [0.3, 0.4) is 0 Å². The summed E-state index contributed by atoms with van der Waals surface area (Å²) >= 11 is 0. The zero-order valence-electron chi connectivity index (χ0n) is 12.2. The van der Waals surface area contributed by atoms with Crippen LogP contribution in [0, 0.1) is 0 Å². The van der Waals surface area contributed by atoms with Crippen LogP contribution in [0.5, 0.6) is 0 Å². The van der Waals surface area contributed by atoms with Gasteiger partial charge in [0.05, 0.1) is 6.61 Å². The number of benzene rings is 1. The molecule has 1 aromatic carbocycles. The van der Waals surface area contributed by atoms with Gasteiger partial charge in [0.1, 0.15) is 6.04 Å². The summed E-state index contributed by atoms with van der Waals surface area (Å²) in [4.78, 5) is 24.5. The van der Waals surface area contributed by atoms with Crippen molar-refractivity contribution >= 4 is 12.4 Å². The molecule has 1 amide bonds. The Hall–Kier alpha value is -1.84. The van der Waals surface area contributed by atoms with Crippen LogP contribution in [0.4, 0.5) is 0 Å². The van der Waals surface area contributed by atoms with E-state index in [-0.39, 0.29) is 5.97 Å². The first-order valence-electron chi connectivity index (χ1n) is 7.14. The number of amides is 1. The zero-order valence-corrected chi connectivity index (χ0v) is 12.2. The number of carbonyl (C=O) groups is 2. The van der Waals surface area contributed by atoms with Gasteiger partial charge in [-0.3, -0.25) is 4.79 Å². The van der Waals surface area contributed by atoms with E-state index in [2.05, 4.69) is 12.1 Å². The van der Waals surface area contributed by atoms with Crippen molar-refractivity contribution in [1.82, 2.24) is 4.90 Å². The van der Waals surface area contributed by atoms with Gasteiger partial charge in [0.15, 0.2) is 0 Å². The lowest BCUT2D eigenvalue weighted by Gasteiger charge is -2.25. The van der Waals surface area contributed by atoms with Crippen molar-refractivity contribution in [3.63, 3.8) is 0 Å². The van der Waals surface area contributed by atoms with Crippen LogP contribution in [0.1, 0.15) is 32.3 Å². The van der Waals surface area contributed by atoms with E-state index in [9.17, 15) is 9.59 Å². The number of hydrogen-bond donors (Lipinski definition) is 0. The van der Waals surface area contributed by atoms with Gasteiger partial charge in [-0.2, -0.15) is 0 Å². The van der Waals surface area contributed by atoms with Crippen LogP contribution in [-0.4, -0.2) is 36.5 Å². The molecule has 0 radical (unpaired) electrons. The SMILES string of the molecule is CCOC(=O)C(CCCc1ccccc1)N(C=O)CC. The first-order chi connectivity index (χ1) is 9.72. The van der Waals surface area contributed by atoms with Crippen molar-refractivity contribution in [1.29, 1.82) is 0 Å². The molecule has 1 unspecified atom stereocenters. The summed E-state index contributed by atoms with van der Waals surface area (Å²) in [6, 6.07) is 9.65. The predicted octanol–water partition coefficient (Wildman–Crippen LogP) is 2.42. The average Bonchev–Trinajstić information content (AvgIpc) is 2.48. The largest absolute Gasteiger partial charge is 0.464 e. The van der Waals surface area contributed by atoms with E-state index in [0.717, 1.165) is 19.3 Å². The number of likely N-dealkylation sites (N-methyl/N-ethyl adjacent to an activating group) is 1. The molecule has 1 atom stereocenters. The Balaban J connectivity index is 2.55. The fourth-order valence-corrected chi connectivity index (χ4v) is 2.17. The van der Waals surface area contributed by atoms with Gasteiger partial charge in [-0.25, -0.2) is 4.79 Å². The molecule has 0 aliphatic heterocycles. The number of esters is 1. The van der Waals surface area contributed by atoms with E-state index in [4.69, 9.17) is 4.74 Å². The monoisotopic (exact) mass is 277 g/mol. The number of hydrogen-bond acceptors (Lipinski definition) is 3. The van der Waals surface area contributed by atoms with Gasteiger partial charge in [0.25, 0.3) is 0 Å². The number of aryl methyl sites for hydroxylation is 1. The standard InChI is InChI=1S/C16H23NO3/c1-3-17(13-18)15(16(19)20-4-2)12-8-11-14-9-6-5-7-10-14/h5-7,9-10,13,15H,3-4,8,11-12H2,1-2H3. The van der Waals surface area contributed by atoms with Crippen LogP contribution in [0.15, 0.2) is 30.3 Å². The number of carbonyl (C=O) groups excluding carboxylic acids is 2. The Morgan fingerprint density at radius 1 is 1.30 bits per heavy atom. The molecule has 1 rings (SSSR count). The molecule has 0 N–H and O–H groups in total. The Labute approximate surface area is 120 Å². The van der Waals surface area contributed by atoms with E-state index < -0.39 is 6.04 Å². The minimum absolute atomic E-state index is 0.311. The summed E-state index contributed by atoms with van der Waals surface area (Å²) < 4.78 is 5.05. The van der Waals surface area contributed by atoms with E-state index in [1.54, 1.807) is 6.92 Å². The summed E-state index contributed by atoms with van der Waals surface area (Å²) in [5.41, 5.74) is 1.24. The number of ether oxygens (including phenoxy) is 1. The lowest BCUT2D eigenvalue weighted by molar-refractivity contribution is -0.152. The third kappa shape index (κ3) is 5.03. The summed E-state index contributed by atoms with van der Waals surface area (Å²) in [6.45, 7) is 4.48. The van der Waals surface area contributed by atoms with Gasteiger partial charge >= 0.3 is 5.97 Å². The third-order valence-corrected chi connectivity index (χ3v) is 3.25. The minimum atomic E-state index is -0.471. The quantitative estimate of drug-likeness (QED) is 0.514. The first-order valence-corrected chi connectivity index (χ1v) is 7.14. The highest BCUT2D eigenvalue weighted by atomic mass is 16.5. The summed E-state index contributed by atoms with van der Waals surface area (Å²) in [5, 5.41) is 0. The molecule has 0 saturated heterocycles. The lowest BCUT2D eigenvalue weighted by Crippen LogP contribution is -2.41.